The number of hydroxylamine groups is 1. The van der Waals surface area contributed by atoms with E-state index in [0.29, 0.717) is 5.56 Å². The fraction of sp³-hybridized carbons (Fsp3) is 0. The molecule has 58 valence electrons. The van der Waals surface area contributed by atoms with E-state index in [0.717, 1.165) is 0 Å². The molecular weight excluding hydrogens is 142 g/mol. The Hall–Kier alpha value is -1.48. The molecule has 0 amide bonds. The van der Waals surface area contributed by atoms with E-state index >= 15 is 0 Å². The number of phenolic OH excluding ortho intramolecular Hbond substituents is 1. The first-order valence-corrected chi connectivity index (χ1v) is 3.13. The molecule has 0 aliphatic heterocycles. The third-order valence-corrected chi connectivity index (χ3v) is 1.36. The van der Waals surface area contributed by atoms with Crippen molar-refractivity contribution in [3.8, 4) is 5.75 Å². The Balaban J connectivity index is 3.03. The van der Waals surface area contributed by atoms with Crippen LogP contribution in [-0.2, 0) is 0 Å². The Kier molecular flexibility index (Phi) is 2.13. The molecule has 0 fully saturated rings. The van der Waals surface area contributed by atoms with Gasteiger partial charge in [-0.15, -0.1) is 0 Å². The number of nitrogens with one attached hydrogen (secondary N) is 1. The summed E-state index contributed by atoms with van der Waals surface area (Å²) >= 11 is 0. The Morgan fingerprint density at radius 1 is 1.36 bits per heavy atom. The summed E-state index contributed by atoms with van der Waals surface area (Å²) in [6.45, 7) is 3.48. The van der Waals surface area contributed by atoms with E-state index in [4.69, 9.17) is 5.21 Å². The lowest BCUT2D eigenvalue weighted by Gasteiger charge is -2.04. The molecule has 1 aromatic rings. The lowest BCUT2D eigenvalue weighted by Crippen LogP contribution is -2.03. The molecule has 0 radical (unpaired) electrons. The normalized spacial score (nSPS) is 9.18. The van der Waals surface area contributed by atoms with E-state index in [-0.39, 0.29) is 11.4 Å². The van der Waals surface area contributed by atoms with Gasteiger partial charge in [0.1, 0.15) is 5.75 Å². The van der Waals surface area contributed by atoms with Gasteiger partial charge in [-0.25, -0.2) is 0 Å². The van der Waals surface area contributed by atoms with Gasteiger partial charge >= 0.3 is 0 Å². The lowest BCUT2D eigenvalue weighted by molar-refractivity contribution is 0.224. The summed E-state index contributed by atoms with van der Waals surface area (Å²) in [5, 5.41) is 17.7. The monoisotopic (exact) mass is 151 g/mol. The lowest BCUT2D eigenvalue weighted by atomic mass is 10.1. The molecule has 0 aliphatic carbocycles. The van der Waals surface area contributed by atoms with Gasteiger partial charge in [0.25, 0.3) is 0 Å². The minimum Gasteiger partial charge on any atom is -0.507 e. The molecule has 3 nitrogen and oxygen atoms in total. The highest BCUT2D eigenvalue weighted by atomic mass is 16.5. The third-order valence-electron chi connectivity index (χ3n) is 1.36. The first-order chi connectivity index (χ1) is 5.25. The van der Waals surface area contributed by atoms with Gasteiger partial charge in [-0.3, -0.25) is 10.7 Å². The van der Waals surface area contributed by atoms with Gasteiger partial charge < -0.3 is 5.11 Å². The van der Waals surface area contributed by atoms with Crippen molar-refractivity contribution in [1.29, 1.82) is 0 Å². The number of benzene rings is 1. The molecule has 3 heteroatoms. The molecule has 0 heterocycles. The van der Waals surface area contributed by atoms with Crippen LogP contribution in [0.4, 0.5) is 0 Å². The summed E-state index contributed by atoms with van der Waals surface area (Å²) < 4.78 is 0. The van der Waals surface area contributed by atoms with Crippen LogP contribution in [0, 0.1) is 0 Å². The molecule has 0 unspecified atom stereocenters. The predicted octanol–water partition coefficient (Wildman–Crippen LogP) is 1.34. The van der Waals surface area contributed by atoms with Crippen LogP contribution in [-0.4, -0.2) is 10.3 Å². The molecular formula is C8H9NO2. The average Bonchev–Trinajstić information content (AvgIpc) is 2.04. The molecule has 0 spiro atoms. The van der Waals surface area contributed by atoms with E-state index in [2.05, 4.69) is 6.58 Å². The summed E-state index contributed by atoms with van der Waals surface area (Å²) in [6, 6.07) is 6.62. The maximum Gasteiger partial charge on any atom is 0.124 e. The van der Waals surface area contributed by atoms with Crippen LogP contribution in [0.3, 0.4) is 0 Å². The molecule has 0 bridgehead atoms. The second kappa shape index (κ2) is 3.07. The zero-order valence-electron chi connectivity index (χ0n) is 5.91. The number of aromatic hydroxyl groups is 1. The standard InChI is InChI=1S/C8H9NO2/c1-6(9-11)7-4-2-3-5-8(7)10/h2-5,9-11H,1H2. The van der Waals surface area contributed by atoms with Crippen molar-refractivity contribution in [2.24, 2.45) is 0 Å². The Bertz CT molecular complexity index is 271. The van der Waals surface area contributed by atoms with Crippen molar-refractivity contribution in [3.05, 3.63) is 36.4 Å². The summed E-state index contributed by atoms with van der Waals surface area (Å²) in [5.41, 5.74) is 2.64. The SMILES string of the molecule is C=C(NO)c1ccccc1O. The zero-order valence-corrected chi connectivity index (χ0v) is 5.91. The van der Waals surface area contributed by atoms with Crippen LogP contribution >= 0.6 is 0 Å². The highest BCUT2D eigenvalue weighted by molar-refractivity contribution is 5.65. The topological polar surface area (TPSA) is 52.5 Å². The fourth-order valence-corrected chi connectivity index (χ4v) is 0.789. The third kappa shape index (κ3) is 1.50. The number of para-hydroxylation sites is 1. The molecule has 0 atom stereocenters. The van der Waals surface area contributed by atoms with Crippen molar-refractivity contribution in [3.63, 3.8) is 0 Å². The van der Waals surface area contributed by atoms with Crippen LogP contribution < -0.4 is 5.48 Å². The van der Waals surface area contributed by atoms with E-state index in [1.807, 2.05) is 5.48 Å². The number of rotatable bonds is 2. The van der Waals surface area contributed by atoms with E-state index in [9.17, 15) is 5.11 Å². The minimum absolute atomic E-state index is 0.0963. The fourth-order valence-electron chi connectivity index (χ4n) is 0.789. The number of phenols is 1. The van der Waals surface area contributed by atoms with Crippen molar-refractivity contribution < 1.29 is 10.3 Å². The minimum atomic E-state index is 0.0963. The summed E-state index contributed by atoms with van der Waals surface area (Å²) in [5.74, 6) is 0.0963. The first kappa shape index (κ1) is 7.63. The van der Waals surface area contributed by atoms with E-state index in [1.54, 1.807) is 18.2 Å². The molecule has 0 saturated carbocycles. The first-order valence-electron chi connectivity index (χ1n) is 3.13. The average molecular weight is 151 g/mol. The van der Waals surface area contributed by atoms with Crippen LogP contribution in [0.2, 0.25) is 0 Å². The molecule has 3 N–H and O–H groups in total. The Morgan fingerprint density at radius 2 is 2.00 bits per heavy atom. The highest BCUT2D eigenvalue weighted by Gasteiger charge is 2.01. The summed E-state index contributed by atoms with van der Waals surface area (Å²) in [6.07, 6.45) is 0. The van der Waals surface area contributed by atoms with Gasteiger partial charge in [0.15, 0.2) is 0 Å². The molecule has 1 aromatic carbocycles. The van der Waals surface area contributed by atoms with Crippen molar-refractivity contribution >= 4 is 5.70 Å². The molecule has 0 aliphatic rings. The smallest absolute Gasteiger partial charge is 0.124 e. The van der Waals surface area contributed by atoms with Gasteiger partial charge in [0, 0.05) is 5.56 Å². The highest BCUT2D eigenvalue weighted by Crippen LogP contribution is 2.20. The van der Waals surface area contributed by atoms with Crippen LogP contribution in [0.25, 0.3) is 5.70 Å². The Labute approximate surface area is 64.6 Å². The van der Waals surface area contributed by atoms with E-state index < -0.39 is 0 Å². The second-order valence-electron chi connectivity index (χ2n) is 2.11. The Morgan fingerprint density at radius 3 is 2.55 bits per heavy atom. The molecule has 0 saturated heterocycles. The van der Waals surface area contributed by atoms with Crippen molar-refractivity contribution in [2.45, 2.75) is 0 Å². The van der Waals surface area contributed by atoms with Crippen LogP contribution in [0.5, 0.6) is 5.75 Å². The largest absolute Gasteiger partial charge is 0.507 e. The molecule has 0 aromatic heterocycles. The quantitative estimate of drug-likeness (QED) is 0.559. The summed E-state index contributed by atoms with van der Waals surface area (Å²) in [4.78, 5) is 0. The van der Waals surface area contributed by atoms with Crippen LogP contribution in [0.15, 0.2) is 30.8 Å². The number of hydrogen-bond donors (Lipinski definition) is 3. The van der Waals surface area contributed by atoms with Gasteiger partial charge in [-0.2, -0.15) is 0 Å². The van der Waals surface area contributed by atoms with Crippen molar-refractivity contribution in [2.75, 3.05) is 0 Å². The molecule has 11 heavy (non-hydrogen) atoms. The van der Waals surface area contributed by atoms with Crippen LogP contribution in [0.1, 0.15) is 5.56 Å². The summed E-state index contributed by atoms with van der Waals surface area (Å²) in [7, 11) is 0. The maximum atomic E-state index is 9.20. The van der Waals surface area contributed by atoms with Gasteiger partial charge in [0.2, 0.25) is 0 Å². The van der Waals surface area contributed by atoms with Crippen molar-refractivity contribution in [1.82, 2.24) is 5.48 Å². The number of hydrogen-bond acceptors (Lipinski definition) is 3. The van der Waals surface area contributed by atoms with Gasteiger partial charge in [-0.05, 0) is 12.1 Å². The zero-order chi connectivity index (χ0) is 8.27. The van der Waals surface area contributed by atoms with Gasteiger partial charge in [-0.1, -0.05) is 18.7 Å². The maximum absolute atomic E-state index is 9.20. The molecule has 1 rings (SSSR count). The van der Waals surface area contributed by atoms with E-state index in [1.165, 1.54) is 6.07 Å². The second-order valence-corrected chi connectivity index (χ2v) is 2.11. The van der Waals surface area contributed by atoms with Gasteiger partial charge in [0.05, 0.1) is 5.70 Å². The predicted molar refractivity (Wildman–Crippen MR) is 42.1 cm³/mol.